The van der Waals surface area contributed by atoms with Crippen LogP contribution >= 0.6 is 11.8 Å². The maximum absolute atomic E-state index is 5.40. The standard InChI is InChI=1S/C13H24N4OS/c1-5-7-14-12-11(18-3)13(17-9-16-12)15-8-6-10(2)19-4/h9-10H,5-8H2,1-4H3,(H2,14,15,16,17). The summed E-state index contributed by atoms with van der Waals surface area (Å²) in [6, 6.07) is 0. The van der Waals surface area contributed by atoms with Gasteiger partial charge in [-0.3, -0.25) is 0 Å². The smallest absolute Gasteiger partial charge is 0.204 e. The van der Waals surface area contributed by atoms with Gasteiger partial charge in [0.05, 0.1) is 7.11 Å². The Kier molecular flexibility index (Phi) is 7.40. The molecule has 0 fully saturated rings. The maximum Gasteiger partial charge on any atom is 0.204 e. The molecule has 0 saturated carbocycles. The minimum atomic E-state index is 0.637. The molecule has 1 aromatic rings. The molecule has 0 spiro atoms. The predicted octanol–water partition coefficient (Wildman–Crippen LogP) is 2.86. The first-order valence-corrected chi connectivity index (χ1v) is 7.91. The highest BCUT2D eigenvalue weighted by Gasteiger charge is 2.11. The highest BCUT2D eigenvalue weighted by atomic mass is 32.2. The number of thioether (sulfide) groups is 1. The van der Waals surface area contributed by atoms with E-state index in [1.54, 1.807) is 13.4 Å². The van der Waals surface area contributed by atoms with E-state index in [4.69, 9.17) is 4.74 Å². The Hall–Kier alpha value is -1.17. The van der Waals surface area contributed by atoms with Crippen molar-refractivity contribution in [3.8, 4) is 5.75 Å². The van der Waals surface area contributed by atoms with Crippen LogP contribution in [-0.4, -0.2) is 41.7 Å². The van der Waals surface area contributed by atoms with Gasteiger partial charge in [0.2, 0.25) is 5.75 Å². The van der Waals surface area contributed by atoms with Gasteiger partial charge in [-0.25, -0.2) is 9.97 Å². The van der Waals surface area contributed by atoms with Crippen molar-refractivity contribution in [2.24, 2.45) is 0 Å². The second-order valence-corrected chi connectivity index (χ2v) is 5.57. The summed E-state index contributed by atoms with van der Waals surface area (Å²) in [5.74, 6) is 2.19. The number of hydrogen-bond acceptors (Lipinski definition) is 6. The van der Waals surface area contributed by atoms with E-state index < -0.39 is 0 Å². The summed E-state index contributed by atoms with van der Waals surface area (Å²) < 4.78 is 5.40. The van der Waals surface area contributed by atoms with E-state index in [0.717, 1.165) is 37.6 Å². The number of ether oxygens (including phenoxy) is 1. The van der Waals surface area contributed by atoms with Gasteiger partial charge in [0.25, 0.3) is 0 Å². The lowest BCUT2D eigenvalue weighted by Gasteiger charge is -2.14. The summed E-state index contributed by atoms with van der Waals surface area (Å²) >= 11 is 1.87. The van der Waals surface area contributed by atoms with Crippen LogP contribution in [0.2, 0.25) is 0 Å². The Labute approximate surface area is 119 Å². The van der Waals surface area contributed by atoms with Gasteiger partial charge in [-0.15, -0.1) is 0 Å². The molecular weight excluding hydrogens is 260 g/mol. The molecule has 0 aliphatic heterocycles. The van der Waals surface area contributed by atoms with Crippen LogP contribution in [-0.2, 0) is 0 Å². The number of hydrogen-bond donors (Lipinski definition) is 2. The van der Waals surface area contributed by atoms with Crippen LogP contribution in [0.4, 0.5) is 11.6 Å². The molecule has 1 atom stereocenters. The number of rotatable bonds is 9. The Morgan fingerprint density at radius 2 is 1.89 bits per heavy atom. The third-order valence-corrected chi connectivity index (χ3v) is 3.84. The molecule has 0 radical (unpaired) electrons. The molecule has 6 heteroatoms. The van der Waals surface area contributed by atoms with Gasteiger partial charge in [-0.2, -0.15) is 11.8 Å². The third kappa shape index (κ3) is 5.14. The van der Waals surface area contributed by atoms with Crippen LogP contribution < -0.4 is 15.4 Å². The predicted molar refractivity (Wildman–Crippen MR) is 83.4 cm³/mol. The fourth-order valence-electron chi connectivity index (χ4n) is 1.57. The normalized spacial score (nSPS) is 12.0. The van der Waals surface area contributed by atoms with Gasteiger partial charge in [0, 0.05) is 18.3 Å². The Morgan fingerprint density at radius 3 is 2.42 bits per heavy atom. The fraction of sp³-hybridized carbons (Fsp3) is 0.692. The Morgan fingerprint density at radius 1 is 1.26 bits per heavy atom. The zero-order valence-corrected chi connectivity index (χ0v) is 13.0. The number of anilines is 2. The Balaban J connectivity index is 2.66. The number of methoxy groups -OCH3 is 1. The van der Waals surface area contributed by atoms with Crippen molar-refractivity contribution in [1.29, 1.82) is 0 Å². The second kappa shape index (κ2) is 8.85. The van der Waals surface area contributed by atoms with Crippen LogP contribution in [0.3, 0.4) is 0 Å². The van der Waals surface area contributed by atoms with Gasteiger partial charge in [-0.05, 0) is 19.1 Å². The molecule has 0 saturated heterocycles. The molecule has 108 valence electrons. The highest BCUT2D eigenvalue weighted by molar-refractivity contribution is 7.99. The fourth-order valence-corrected chi connectivity index (χ4v) is 1.93. The highest BCUT2D eigenvalue weighted by Crippen LogP contribution is 2.28. The zero-order chi connectivity index (χ0) is 14.1. The average molecular weight is 284 g/mol. The number of nitrogens with zero attached hydrogens (tertiary/aromatic N) is 2. The van der Waals surface area contributed by atoms with Gasteiger partial charge in [0.1, 0.15) is 6.33 Å². The lowest BCUT2D eigenvalue weighted by Crippen LogP contribution is -2.12. The van der Waals surface area contributed by atoms with E-state index >= 15 is 0 Å². The number of aromatic nitrogens is 2. The van der Waals surface area contributed by atoms with Gasteiger partial charge in [-0.1, -0.05) is 13.8 Å². The molecule has 1 unspecified atom stereocenters. The van der Waals surface area contributed by atoms with Crippen molar-refractivity contribution < 1.29 is 4.74 Å². The monoisotopic (exact) mass is 284 g/mol. The molecule has 0 bridgehead atoms. The maximum atomic E-state index is 5.40. The van der Waals surface area contributed by atoms with E-state index in [0.29, 0.717) is 11.0 Å². The molecule has 0 aliphatic rings. The molecule has 0 aliphatic carbocycles. The van der Waals surface area contributed by atoms with E-state index in [9.17, 15) is 0 Å². The molecule has 19 heavy (non-hydrogen) atoms. The minimum Gasteiger partial charge on any atom is -0.490 e. The first kappa shape index (κ1) is 15.9. The number of nitrogens with one attached hydrogen (secondary N) is 2. The van der Waals surface area contributed by atoms with E-state index in [1.165, 1.54) is 0 Å². The Bertz CT molecular complexity index is 376. The summed E-state index contributed by atoms with van der Waals surface area (Å²) in [6.45, 7) is 6.08. The SMILES string of the molecule is CCCNc1ncnc(NCCC(C)SC)c1OC. The van der Waals surface area contributed by atoms with Gasteiger partial charge < -0.3 is 15.4 Å². The quantitative estimate of drug-likeness (QED) is 0.727. The van der Waals surface area contributed by atoms with Crippen molar-refractivity contribution in [1.82, 2.24) is 9.97 Å². The molecule has 1 aromatic heterocycles. The molecule has 0 aromatic carbocycles. The van der Waals surface area contributed by atoms with Crippen molar-refractivity contribution >= 4 is 23.4 Å². The van der Waals surface area contributed by atoms with Gasteiger partial charge >= 0.3 is 0 Å². The molecule has 5 nitrogen and oxygen atoms in total. The van der Waals surface area contributed by atoms with E-state index in [2.05, 4.69) is 40.7 Å². The molecule has 2 N–H and O–H groups in total. The van der Waals surface area contributed by atoms with E-state index in [1.807, 2.05) is 11.8 Å². The largest absolute Gasteiger partial charge is 0.490 e. The molecule has 1 rings (SSSR count). The van der Waals surface area contributed by atoms with E-state index in [-0.39, 0.29) is 0 Å². The summed E-state index contributed by atoms with van der Waals surface area (Å²) in [5, 5.41) is 7.20. The summed E-state index contributed by atoms with van der Waals surface area (Å²) in [4.78, 5) is 8.46. The molecule has 1 heterocycles. The van der Waals surface area contributed by atoms with Crippen molar-refractivity contribution in [3.63, 3.8) is 0 Å². The van der Waals surface area contributed by atoms with Crippen LogP contribution in [0, 0.1) is 0 Å². The van der Waals surface area contributed by atoms with Crippen molar-refractivity contribution in [2.75, 3.05) is 37.1 Å². The van der Waals surface area contributed by atoms with Crippen molar-refractivity contribution in [3.05, 3.63) is 6.33 Å². The average Bonchev–Trinajstić information content (AvgIpc) is 2.44. The lowest BCUT2D eigenvalue weighted by atomic mass is 10.3. The summed E-state index contributed by atoms with van der Waals surface area (Å²) in [6.07, 6.45) is 5.82. The van der Waals surface area contributed by atoms with Crippen LogP contribution in [0.5, 0.6) is 5.75 Å². The third-order valence-electron chi connectivity index (χ3n) is 2.80. The van der Waals surface area contributed by atoms with Crippen LogP contribution in [0.1, 0.15) is 26.7 Å². The first-order valence-electron chi connectivity index (χ1n) is 6.62. The summed E-state index contributed by atoms with van der Waals surface area (Å²) in [5.41, 5.74) is 0. The second-order valence-electron chi connectivity index (χ2n) is 4.29. The first-order chi connectivity index (χ1) is 9.22. The minimum absolute atomic E-state index is 0.637. The molecular formula is C13H24N4OS. The van der Waals surface area contributed by atoms with Gasteiger partial charge in [0.15, 0.2) is 11.6 Å². The zero-order valence-electron chi connectivity index (χ0n) is 12.2. The van der Waals surface area contributed by atoms with Crippen LogP contribution in [0.25, 0.3) is 0 Å². The topological polar surface area (TPSA) is 59.1 Å². The lowest BCUT2D eigenvalue weighted by molar-refractivity contribution is 0.414. The molecule has 0 amide bonds. The summed E-state index contributed by atoms with van der Waals surface area (Å²) in [7, 11) is 1.64. The van der Waals surface area contributed by atoms with Crippen molar-refractivity contribution in [2.45, 2.75) is 31.9 Å². The van der Waals surface area contributed by atoms with Crippen LogP contribution in [0.15, 0.2) is 6.33 Å².